The number of oxazole rings is 1. The fourth-order valence-corrected chi connectivity index (χ4v) is 1.15. The van der Waals surface area contributed by atoms with Crippen molar-refractivity contribution < 1.29 is 18.3 Å². The van der Waals surface area contributed by atoms with Crippen molar-refractivity contribution in [2.45, 2.75) is 0 Å². The predicted molar refractivity (Wildman–Crippen MR) is 45.9 cm³/mol. The van der Waals surface area contributed by atoms with Gasteiger partial charge in [-0.25, -0.2) is 9.37 Å². The fourth-order valence-electron chi connectivity index (χ4n) is 1.15. The fraction of sp³-hybridized carbons (Fsp3) is 0.111. The molecule has 0 amide bonds. The Balaban J connectivity index is 2.73. The van der Waals surface area contributed by atoms with Crippen LogP contribution in [0, 0.1) is 5.82 Å². The van der Waals surface area contributed by atoms with Crippen molar-refractivity contribution in [3.63, 3.8) is 0 Å². The van der Waals surface area contributed by atoms with Gasteiger partial charge in [0.2, 0.25) is 6.29 Å². The first-order valence-electron chi connectivity index (χ1n) is 3.84. The van der Waals surface area contributed by atoms with E-state index in [0.717, 1.165) is 0 Å². The Bertz CT molecular complexity index is 492. The van der Waals surface area contributed by atoms with Crippen molar-refractivity contribution in [3.05, 3.63) is 23.8 Å². The standard InChI is InChI=1S/C9H6FNO3/c1-13-5-2-6(10)9-7(3-5)11-8(4-12)14-9/h2-4H,1H3. The summed E-state index contributed by atoms with van der Waals surface area (Å²) in [5.41, 5.74) is 0.233. The van der Waals surface area contributed by atoms with E-state index >= 15 is 0 Å². The number of halogens is 1. The lowest BCUT2D eigenvalue weighted by atomic mass is 10.3. The number of methoxy groups -OCH3 is 1. The molecule has 4 nitrogen and oxygen atoms in total. The maximum atomic E-state index is 13.3. The Morgan fingerprint density at radius 3 is 3.00 bits per heavy atom. The van der Waals surface area contributed by atoms with Gasteiger partial charge in [0.25, 0.3) is 5.89 Å². The first kappa shape index (κ1) is 8.68. The van der Waals surface area contributed by atoms with Crippen LogP contribution in [-0.2, 0) is 0 Å². The average Bonchev–Trinajstić information content (AvgIpc) is 2.61. The van der Waals surface area contributed by atoms with Crippen LogP contribution in [-0.4, -0.2) is 18.4 Å². The highest BCUT2D eigenvalue weighted by Crippen LogP contribution is 2.24. The van der Waals surface area contributed by atoms with Gasteiger partial charge in [0.1, 0.15) is 11.3 Å². The maximum absolute atomic E-state index is 13.3. The van der Waals surface area contributed by atoms with Gasteiger partial charge >= 0.3 is 0 Å². The number of fused-ring (bicyclic) bond motifs is 1. The summed E-state index contributed by atoms with van der Waals surface area (Å²) in [6, 6.07) is 2.66. The van der Waals surface area contributed by atoms with Gasteiger partial charge in [0.15, 0.2) is 11.4 Å². The van der Waals surface area contributed by atoms with E-state index in [1.165, 1.54) is 19.2 Å². The molecule has 0 saturated carbocycles. The van der Waals surface area contributed by atoms with E-state index in [9.17, 15) is 9.18 Å². The van der Waals surface area contributed by atoms with E-state index in [1.807, 2.05) is 0 Å². The highest BCUT2D eigenvalue weighted by Gasteiger charge is 2.11. The van der Waals surface area contributed by atoms with Crippen LogP contribution in [0.3, 0.4) is 0 Å². The number of hydrogen-bond donors (Lipinski definition) is 0. The summed E-state index contributed by atoms with van der Waals surface area (Å²) >= 11 is 0. The smallest absolute Gasteiger partial charge is 0.260 e. The predicted octanol–water partition coefficient (Wildman–Crippen LogP) is 1.79. The van der Waals surface area contributed by atoms with Gasteiger partial charge in [-0.1, -0.05) is 0 Å². The minimum atomic E-state index is -0.597. The largest absolute Gasteiger partial charge is 0.497 e. The van der Waals surface area contributed by atoms with Crippen LogP contribution < -0.4 is 4.74 Å². The van der Waals surface area contributed by atoms with E-state index in [0.29, 0.717) is 12.0 Å². The first-order chi connectivity index (χ1) is 6.74. The van der Waals surface area contributed by atoms with Crippen LogP contribution in [0.4, 0.5) is 4.39 Å². The third kappa shape index (κ3) is 1.22. The molecule has 2 aromatic rings. The Morgan fingerprint density at radius 2 is 2.36 bits per heavy atom. The van der Waals surface area contributed by atoms with Crippen molar-refractivity contribution in [2.24, 2.45) is 0 Å². The molecule has 0 saturated heterocycles. The minimum Gasteiger partial charge on any atom is -0.497 e. The van der Waals surface area contributed by atoms with E-state index in [1.54, 1.807) is 0 Å². The number of benzene rings is 1. The summed E-state index contributed by atoms with van der Waals surface area (Å²) in [5.74, 6) is -0.409. The summed E-state index contributed by atoms with van der Waals surface area (Å²) < 4.78 is 22.9. The number of nitrogens with zero attached hydrogens (tertiary/aromatic N) is 1. The monoisotopic (exact) mass is 195 g/mol. The molecule has 2 rings (SSSR count). The summed E-state index contributed by atoms with van der Waals surface area (Å²) in [5, 5.41) is 0. The second kappa shape index (κ2) is 3.10. The molecule has 14 heavy (non-hydrogen) atoms. The zero-order valence-corrected chi connectivity index (χ0v) is 7.28. The van der Waals surface area contributed by atoms with Crippen LogP contribution in [0.25, 0.3) is 11.1 Å². The van der Waals surface area contributed by atoms with Gasteiger partial charge < -0.3 is 9.15 Å². The third-order valence-corrected chi connectivity index (χ3v) is 1.77. The van der Waals surface area contributed by atoms with Crippen molar-refractivity contribution in [1.29, 1.82) is 0 Å². The van der Waals surface area contributed by atoms with Gasteiger partial charge in [-0.15, -0.1) is 0 Å². The Kier molecular flexibility index (Phi) is 1.92. The van der Waals surface area contributed by atoms with E-state index in [4.69, 9.17) is 9.15 Å². The Labute approximate surface area is 78.3 Å². The number of ether oxygens (including phenoxy) is 1. The average molecular weight is 195 g/mol. The molecule has 0 aliphatic carbocycles. The lowest BCUT2D eigenvalue weighted by molar-refractivity contribution is 0.109. The molecule has 72 valence electrons. The number of aldehydes is 1. The van der Waals surface area contributed by atoms with Crippen LogP contribution >= 0.6 is 0 Å². The SMILES string of the molecule is COc1cc(F)c2oc(C=O)nc2c1. The van der Waals surface area contributed by atoms with Gasteiger partial charge in [-0.05, 0) is 0 Å². The maximum Gasteiger partial charge on any atom is 0.260 e. The number of carbonyl (C=O) groups excluding carboxylic acids is 1. The number of aromatic nitrogens is 1. The van der Waals surface area contributed by atoms with Crippen LogP contribution in [0.1, 0.15) is 10.7 Å². The van der Waals surface area contributed by atoms with Gasteiger partial charge in [-0.3, -0.25) is 4.79 Å². The molecule has 1 aromatic heterocycles. The zero-order chi connectivity index (χ0) is 10.1. The van der Waals surface area contributed by atoms with Gasteiger partial charge in [-0.2, -0.15) is 0 Å². The van der Waals surface area contributed by atoms with E-state index in [-0.39, 0.29) is 17.0 Å². The molecule has 0 bridgehead atoms. The minimum absolute atomic E-state index is 0.0344. The van der Waals surface area contributed by atoms with E-state index in [2.05, 4.69) is 4.98 Å². The van der Waals surface area contributed by atoms with Gasteiger partial charge in [0, 0.05) is 12.1 Å². The molecule has 1 aromatic carbocycles. The lowest BCUT2D eigenvalue weighted by Gasteiger charge is -1.97. The first-order valence-corrected chi connectivity index (χ1v) is 3.84. The Hall–Kier alpha value is -1.91. The zero-order valence-electron chi connectivity index (χ0n) is 7.28. The summed E-state index contributed by atoms with van der Waals surface area (Å²) in [7, 11) is 1.42. The van der Waals surface area contributed by atoms with Crippen LogP contribution in [0.15, 0.2) is 16.5 Å². The van der Waals surface area contributed by atoms with Crippen molar-refractivity contribution >= 4 is 17.4 Å². The Morgan fingerprint density at radius 1 is 1.57 bits per heavy atom. The quantitative estimate of drug-likeness (QED) is 0.685. The van der Waals surface area contributed by atoms with Crippen LogP contribution in [0.2, 0.25) is 0 Å². The summed E-state index contributed by atoms with van der Waals surface area (Å²) in [6.07, 6.45) is 0.423. The second-order valence-corrected chi connectivity index (χ2v) is 2.63. The molecule has 0 fully saturated rings. The number of carbonyl (C=O) groups is 1. The normalized spacial score (nSPS) is 10.4. The molecule has 0 aliphatic heterocycles. The molecule has 0 aliphatic rings. The lowest BCUT2D eigenvalue weighted by Crippen LogP contribution is -1.84. The molecule has 1 heterocycles. The molecular weight excluding hydrogens is 189 g/mol. The van der Waals surface area contributed by atoms with Gasteiger partial charge in [0.05, 0.1) is 7.11 Å². The topological polar surface area (TPSA) is 52.3 Å². The summed E-state index contributed by atoms with van der Waals surface area (Å²) in [4.78, 5) is 14.1. The number of rotatable bonds is 2. The van der Waals surface area contributed by atoms with Crippen LogP contribution in [0.5, 0.6) is 5.75 Å². The van der Waals surface area contributed by atoms with Crippen molar-refractivity contribution in [1.82, 2.24) is 4.98 Å². The summed E-state index contributed by atoms with van der Waals surface area (Å²) in [6.45, 7) is 0. The highest BCUT2D eigenvalue weighted by molar-refractivity contribution is 5.80. The van der Waals surface area contributed by atoms with E-state index < -0.39 is 5.82 Å². The second-order valence-electron chi connectivity index (χ2n) is 2.63. The molecule has 0 unspecified atom stereocenters. The molecule has 5 heteroatoms. The molecule has 0 radical (unpaired) electrons. The molecular formula is C9H6FNO3. The molecule has 0 N–H and O–H groups in total. The third-order valence-electron chi connectivity index (χ3n) is 1.77. The molecule has 0 spiro atoms. The number of hydrogen-bond acceptors (Lipinski definition) is 4. The molecule has 0 atom stereocenters. The highest BCUT2D eigenvalue weighted by atomic mass is 19.1. The van der Waals surface area contributed by atoms with Crippen molar-refractivity contribution in [2.75, 3.05) is 7.11 Å². The van der Waals surface area contributed by atoms with Crippen molar-refractivity contribution in [3.8, 4) is 5.75 Å².